The van der Waals surface area contributed by atoms with Gasteiger partial charge in [0.2, 0.25) is 11.8 Å². The third-order valence-electron chi connectivity index (χ3n) is 5.09. The molecular formula is C19H23N3O3. The maximum Gasteiger partial charge on any atom is 0.254 e. The number of rotatable bonds is 5. The molecule has 0 aromatic heterocycles. The quantitative estimate of drug-likeness (QED) is 0.859. The van der Waals surface area contributed by atoms with Crippen LogP contribution in [0.15, 0.2) is 24.3 Å². The van der Waals surface area contributed by atoms with Crippen molar-refractivity contribution in [3.05, 3.63) is 29.8 Å². The molecule has 6 nitrogen and oxygen atoms in total. The van der Waals surface area contributed by atoms with E-state index in [0.29, 0.717) is 23.8 Å². The van der Waals surface area contributed by atoms with Crippen LogP contribution in [0.2, 0.25) is 0 Å². The molecule has 132 valence electrons. The van der Waals surface area contributed by atoms with Gasteiger partial charge in [0.25, 0.3) is 5.91 Å². The molecule has 1 unspecified atom stereocenters. The fourth-order valence-electron chi connectivity index (χ4n) is 3.26. The van der Waals surface area contributed by atoms with E-state index >= 15 is 0 Å². The molecule has 1 saturated heterocycles. The molecule has 1 aromatic carbocycles. The summed E-state index contributed by atoms with van der Waals surface area (Å²) in [6.07, 6.45) is 5.58. The van der Waals surface area contributed by atoms with Crippen LogP contribution in [-0.4, -0.2) is 41.2 Å². The minimum atomic E-state index is -0.359. The van der Waals surface area contributed by atoms with Crippen LogP contribution in [0.25, 0.3) is 0 Å². The molecule has 6 heteroatoms. The summed E-state index contributed by atoms with van der Waals surface area (Å²) in [5, 5.41) is 5.87. The predicted octanol–water partition coefficient (Wildman–Crippen LogP) is 1.92. The number of amides is 3. The molecule has 0 radical (unpaired) electrons. The van der Waals surface area contributed by atoms with E-state index in [1.807, 2.05) is 0 Å². The second kappa shape index (κ2) is 6.50. The van der Waals surface area contributed by atoms with E-state index in [1.54, 1.807) is 29.2 Å². The minimum absolute atomic E-state index is 0.0262. The van der Waals surface area contributed by atoms with Crippen molar-refractivity contribution in [1.82, 2.24) is 10.2 Å². The van der Waals surface area contributed by atoms with Crippen LogP contribution in [0.3, 0.4) is 0 Å². The van der Waals surface area contributed by atoms with Gasteiger partial charge in [-0.2, -0.15) is 0 Å². The van der Waals surface area contributed by atoms with Crippen LogP contribution in [0, 0.1) is 5.92 Å². The molecule has 1 aromatic rings. The van der Waals surface area contributed by atoms with Crippen LogP contribution < -0.4 is 10.6 Å². The molecule has 3 aliphatic rings. The summed E-state index contributed by atoms with van der Waals surface area (Å²) in [6.45, 7) is 0.613. The number of nitrogens with zero attached hydrogens (tertiary/aromatic N) is 1. The average Bonchev–Trinajstić information content (AvgIpc) is 3.54. The lowest BCUT2D eigenvalue weighted by Crippen LogP contribution is -2.46. The SMILES string of the molecule is O=C(Nc1ccc(C(=O)N2CCCC2C(=O)NC2CC2)cc1)C1CC1. The first kappa shape index (κ1) is 16.1. The fourth-order valence-corrected chi connectivity index (χ4v) is 3.26. The molecular weight excluding hydrogens is 318 g/mol. The summed E-state index contributed by atoms with van der Waals surface area (Å²) in [7, 11) is 0. The first-order valence-corrected chi connectivity index (χ1v) is 9.14. The fraction of sp³-hybridized carbons (Fsp3) is 0.526. The van der Waals surface area contributed by atoms with Crippen molar-refractivity contribution in [1.29, 1.82) is 0 Å². The van der Waals surface area contributed by atoms with E-state index in [1.165, 1.54) is 0 Å². The Labute approximate surface area is 147 Å². The van der Waals surface area contributed by atoms with Gasteiger partial charge in [0, 0.05) is 29.8 Å². The summed E-state index contributed by atoms with van der Waals surface area (Å²) >= 11 is 0. The van der Waals surface area contributed by atoms with Gasteiger partial charge in [-0.25, -0.2) is 0 Å². The number of benzene rings is 1. The van der Waals surface area contributed by atoms with Gasteiger partial charge in [-0.15, -0.1) is 0 Å². The number of carbonyl (C=O) groups excluding carboxylic acids is 3. The van der Waals surface area contributed by atoms with Crippen LogP contribution in [0.5, 0.6) is 0 Å². The predicted molar refractivity (Wildman–Crippen MR) is 93.0 cm³/mol. The molecule has 1 atom stereocenters. The first-order chi connectivity index (χ1) is 12.1. The zero-order chi connectivity index (χ0) is 17.4. The van der Waals surface area contributed by atoms with E-state index in [0.717, 1.165) is 38.5 Å². The van der Waals surface area contributed by atoms with Crippen molar-refractivity contribution in [2.75, 3.05) is 11.9 Å². The third-order valence-corrected chi connectivity index (χ3v) is 5.09. The second-order valence-corrected chi connectivity index (χ2v) is 7.28. The smallest absolute Gasteiger partial charge is 0.254 e. The Hall–Kier alpha value is -2.37. The molecule has 1 heterocycles. The number of hydrogen-bond acceptors (Lipinski definition) is 3. The number of nitrogens with one attached hydrogen (secondary N) is 2. The van der Waals surface area contributed by atoms with E-state index < -0.39 is 0 Å². The van der Waals surface area contributed by atoms with Crippen LogP contribution in [0.1, 0.15) is 48.9 Å². The molecule has 25 heavy (non-hydrogen) atoms. The lowest BCUT2D eigenvalue weighted by Gasteiger charge is -2.24. The normalized spacial score (nSPS) is 22.6. The van der Waals surface area contributed by atoms with Crippen molar-refractivity contribution >= 4 is 23.4 Å². The first-order valence-electron chi connectivity index (χ1n) is 9.14. The summed E-state index contributed by atoms with van der Waals surface area (Å²) < 4.78 is 0. The summed E-state index contributed by atoms with van der Waals surface area (Å²) in [4.78, 5) is 38.6. The third kappa shape index (κ3) is 3.67. The average molecular weight is 341 g/mol. The van der Waals surface area contributed by atoms with Gasteiger partial charge in [-0.3, -0.25) is 14.4 Å². The molecule has 3 amide bonds. The van der Waals surface area contributed by atoms with Crippen LogP contribution >= 0.6 is 0 Å². The summed E-state index contributed by atoms with van der Waals surface area (Å²) in [6, 6.07) is 6.89. The van der Waals surface area contributed by atoms with E-state index in [9.17, 15) is 14.4 Å². The molecule has 2 aliphatic carbocycles. The standard InChI is InChI=1S/C19H23N3O3/c23-17(12-3-4-12)20-14-7-5-13(6-8-14)19(25)22-11-1-2-16(22)18(24)21-15-9-10-15/h5-8,12,15-16H,1-4,9-11H2,(H,20,23)(H,21,24). The molecule has 3 fully saturated rings. The van der Waals surface area contributed by atoms with Crippen molar-refractivity contribution < 1.29 is 14.4 Å². The summed E-state index contributed by atoms with van der Waals surface area (Å²) in [5.41, 5.74) is 1.26. The molecule has 2 saturated carbocycles. The molecule has 0 spiro atoms. The van der Waals surface area contributed by atoms with Crippen molar-refractivity contribution in [3.63, 3.8) is 0 Å². The number of hydrogen-bond donors (Lipinski definition) is 2. The van der Waals surface area contributed by atoms with Gasteiger partial charge in [0.05, 0.1) is 0 Å². The van der Waals surface area contributed by atoms with Gasteiger partial charge in [-0.05, 0) is 62.8 Å². The molecule has 4 rings (SSSR count). The molecule has 1 aliphatic heterocycles. The monoisotopic (exact) mass is 341 g/mol. The number of anilines is 1. The Bertz CT molecular complexity index is 692. The highest BCUT2D eigenvalue weighted by molar-refractivity contribution is 5.99. The maximum atomic E-state index is 12.8. The van der Waals surface area contributed by atoms with Crippen molar-refractivity contribution in [2.24, 2.45) is 5.92 Å². The topological polar surface area (TPSA) is 78.5 Å². The minimum Gasteiger partial charge on any atom is -0.352 e. The van der Waals surface area contributed by atoms with Crippen molar-refractivity contribution in [3.8, 4) is 0 Å². The van der Waals surface area contributed by atoms with Crippen molar-refractivity contribution in [2.45, 2.75) is 50.6 Å². The van der Waals surface area contributed by atoms with Gasteiger partial charge in [-0.1, -0.05) is 0 Å². The maximum absolute atomic E-state index is 12.8. The highest BCUT2D eigenvalue weighted by atomic mass is 16.2. The van der Waals surface area contributed by atoms with E-state index in [4.69, 9.17) is 0 Å². The van der Waals surface area contributed by atoms with Gasteiger partial charge < -0.3 is 15.5 Å². The Kier molecular flexibility index (Phi) is 4.19. The summed E-state index contributed by atoms with van der Waals surface area (Å²) in [5.74, 6) is 0.0576. The molecule has 2 N–H and O–H groups in total. The highest BCUT2D eigenvalue weighted by Gasteiger charge is 2.36. The zero-order valence-electron chi connectivity index (χ0n) is 14.2. The lowest BCUT2D eigenvalue weighted by atomic mass is 10.1. The van der Waals surface area contributed by atoms with Gasteiger partial charge in [0.1, 0.15) is 6.04 Å². The zero-order valence-corrected chi connectivity index (χ0v) is 14.2. The number of carbonyl (C=O) groups is 3. The van der Waals surface area contributed by atoms with Gasteiger partial charge in [0.15, 0.2) is 0 Å². The highest BCUT2D eigenvalue weighted by Crippen LogP contribution is 2.30. The Morgan fingerprint density at radius 2 is 1.64 bits per heavy atom. The van der Waals surface area contributed by atoms with E-state index in [2.05, 4.69) is 10.6 Å². The second-order valence-electron chi connectivity index (χ2n) is 7.28. The van der Waals surface area contributed by atoms with Crippen LogP contribution in [-0.2, 0) is 9.59 Å². The Balaban J connectivity index is 1.40. The van der Waals surface area contributed by atoms with Crippen LogP contribution in [0.4, 0.5) is 5.69 Å². The lowest BCUT2D eigenvalue weighted by molar-refractivity contribution is -0.125. The Morgan fingerprint density at radius 3 is 2.28 bits per heavy atom. The Morgan fingerprint density at radius 1 is 0.920 bits per heavy atom. The van der Waals surface area contributed by atoms with Gasteiger partial charge >= 0.3 is 0 Å². The number of likely N-dealkylation sites (tertiary alicyclic amines) is 1. The van der Waals surface area contributed by atoms with E-state index in [-0.39, 0.29) is 29.7 Å². The largest absolute Gasteiger partial charge is 0.352 e. The molecule has 0 bridgehead atoms.